The first kappa shape index (κ1) is 37.1. The minimum absolute atomic E-state index is 0. The van der Waals surface area contributed by atoms with E-state index in [2.05, 4.69) is 132 Å². The summed E-state index contributed by atoms with van der Waals surface area (Å²) >= 11 is 0. The zero-order valence-electron chi connectivity index (χ0n) is 23.1. The van der Waals surface area contributed by atoms with Crippen molar-refractivity contribution < 1.29 is 0 Å². The largest absolute Gasteiger partial charge is 0.360 e. The standard InChI is InChI=1S/3C6H19NSi2.Ga/c3*1-8(2,3)7-9(4,5)6;/h3*7H,1-6H3;. The summed E-state index contributed by atoms with van der Waals surface area (Å²) in [4.78, 5) is 0. The van der Waals surface area contributed by atoms with Crippen LogP contribution >= 0.6 is 0 Å². The maximum Gasteiger partial charge on any atom is 0.109 e. The van der Waals surface area contributed by atoms with Gasteiger partial charge in [-0.2, -0.15) is 0 Å². The van der Waals surface area contributed by atoms with Gasteiger partial charge >= 0.3 is 0 Å². The maximum absolute atomic E-state index is 3.74. The Bertz CT molecular complexity index is 297. The van der Waals surface area contributed by atoms with E-state index in [4.69, 9.17) is 0 Å². The zero-order chi connectivity index (χ0) is 23.1. The van der Waals surface area contributed by atoms with Gasteiger partial charge < -0.3 is 13.9 Å². The van der Waals surface area contributed by atoms with Crippen molar-refractivity contribution in [3.05, 3.63) is 0 Å². The normalized spacial score (nSPS) is 13.5. The van der Waals surface area contributed by atoms with E-state index >= 15 is 0 Å². The van der Waals surface area contributed by atoms with Crippen LogP contribution in [0.1, 0.15) is 0 Å². The number of nitrogens with one attached hydrogen (secondary N) is 3. The fourth-order valence-electron chi connectivity index (χ4n) is 3.38. The Kier molecular flexibility index (Phi) is 17.8. The Morgan fingerprint density at radius 1 is 0.250 bits per heavy atom. The minimum Gasteiger partial charge on any atom is -0.360 e. The van der Waals surface area contributed by atoms with E-state index in [1.165, 1.54) is 0 Å². The molecular formula is C18H57GaN3Si6. The molecule has 0 fully saturated rings. The molecule has 0 unspecified atom stereocenters. The zero-order valence-corrected chi connectivity index (χ0v) is 31.5. The average molecular weight is 554 g/mol. The van der Waals surface area contributed by atoms with Gasteiger partial charge in [-0.25, -0.2) is 0 Å². The first-order valence-corrected chi connectivity index (χ1v) is 31.5. The van der Waals surface area contributed by atoms with E-state index in [0.717, 1.165) is 0 Å². The molecule has 0 heterocycles. The van der Waals surface area contributed by atoms with Crippen molar-refractivity contribution in [3.8, 4) is 0 Å². The molecule has 0 aliphatic heterocycles. The predicted molar refractivity (Wildman–Crippen MR) is 155 cm³/mol. The van der Waals surface area contributed by atoms with Crippen molar-refractivity contribution in [2.45, 2.75) is 118 Å². The van der Waals surface area contributed by atoms with Crippen molar-refractivity contribution in [2.75, 3.05) is 0 Å². The SMILES string of the molecule is C[Si](C)(C)N[Si](C)(C)C.C[Si](C)(C)N[Si](C)(C)C.C[Si](C)(C)N[Si](C)(C)C.[Ga]. The van der Waals surface area contributed by atoms with Crippen molar-refractivity contribution in [1.82, 2.24) is 13.9 Å². The van der Waals surface area contributed by atoms with Crippen LogP contribution in [0.25, 0.3) is 0 Å². The molecule has 0 aliphatic rings. The van der Waals surface area contributed by atoms with Gasteiger partial charge in [0.25, 0.3) is 0 Å². The topological polar surface area (TPSA) is 36.1 Å². The van der Waals surface area contributed by atoms with Gasteiger partial charge in [0, 0.05) is 19.8 Å². The minimum atomic E-state index is -0.981. The summed E-state index contributed by atoms with van der Waals surface area (Å²) in [6.45, 7) is 42.3. The molecule has 0 amide bonds. The van der Waals surface area contributed by atoms with Crippen LogP contribution in [0.4, 0.5) is 0 Å². The van der Waals surface area contributed by atoms with Gasteiger partial charge in [0.1, 0.15) is 49.4 Å². The van der Waals surface area contributed by atoms with E-state index in [-0.39, 0.29) is 19.8 Å². The molecule has 0 aromatic carbocycles. The molecule has 0 saturated heterocycles. The second-order valence-corrected chi connectivity index (χ2v) is 43.9. The molecule has 10 heteroatoms. The molecule has 3 radical (unpaired) electrons. The second-order valence-electron chi connectivity index (χ2n) is 13.9. The summed E-state index contributed by atoms with van der Waals surface area (Å²) in [5.41, 5.74) is 0. The van der Waals surface area contributed by atoms with Gasteiger partial charge in [-0.1, -0.05) is 118 Å². The van der Waals surface area contributed by atoms with Gasteiger partial charge in [0.2, 0.25) is 0 Å². The molecule has 3 nitrogen and oxygen atoms in total. The van der Waals surface area contributed by atoms with E-state index in [1.807, 2.05) is 0 Å². The van der Waals surface area contributed by atoms with Crippen LogP contribution in [-0.2, 0) is 0 Å². The molecule has 0 spiro atoms. The van der Waals surface area contributed by atoms with Crippen LogP contribution in [0, 0.1) is 0 Å². The molecule has 0 saturated carbocycles. The Hall–Kier alpha value is 1.82. The molecule has 0 rings (SSSR count). The van der Waals surface area contributed by atoms with Gasteiger partial charge in [0.15, 0.2) is 0 Å². The molecule has 0 aromatic heterocycles. The molecule has 28 heavy (non-hydrogen) atoms. The molecule has 3 N–H and O–H groups in total. The smallest absolute Gasteiger partial charge is 0.109 e. The maximum atomic E-state index is 3.74. The van der Waals surface area contributed by atoms with E-state index < -0.39 is 49.4 Å². The van der Waals surface area contributed by atoms with Crippen LogP contribution in [0.15, 0.2) is 0 Å². The van der Waals surface area contributed by atoms with Crippen LogP contribution in [-0.4, -0.2) is 69.2 Å². The first-order chi connectivity index (χ1) is 11.1. The fourth-order valence-corrected chi connectivity index (χ4v) is 30.4. The molecule has 0 bridgehead atoms. The summed E-state index contributed by atoms with van der Waals surface area (Å²) in [6.07, 6.45) is 0. The molecule has 171 valence electrons. The van der Waals surface area contributed by atoms with Gasteiger partial charge in [-0.05, 0) is 0 Å². The molecular weight excluding hydrogens is 496 g/mol. The Morgan fingerprint density at radius 2 is 0.321 bits per heavy atom. The third-order valence-electron chi connectivity index (χ3n) is 2.25. The third kappa shape index (κ3) is 50.9. The Labute approximate surface area is 200 Å². The van der Waals surface area contributed by atoms with Crippen molar-refractivity contribution in [3.63, 3.8) is 0 Å². The summed E-state index contributed by atoms with van der Waals surface area (Å²) in [5, 5.41) is 0. The van der Waals surface area contributed by atoms with Crippen LogP contribution in [0.5, 0.6) is 0 Å². The molecule has 0 aliphatic carbocycles. The number of hydrogen-bond donors (Lipinski definition) is 3. The molecule has 0 atom stereocenters. The van der Waals surface area contributed by atoms with Crippen LogP contribution in [0.2, 0.25) is 118 Å². The second kappa shape index (κ2) is 13.4. The Balaban J connectivity index is -0.000000152. The Morgan fingerprint density at radius 3 is 0.321 bits per heavy atom. The summed E-state index contributed by atoms with van der Waals surface area (Å²) in [6, 6.07) is 0. The quantitative estimate of drug-likeness (QED) is 0.335. The average Bonchev–Trinajstić information content (AvgIpc) is 1.96. The molecule has 0 aromatic rings. The van der Waals surface area contributed by atoms with Crippen LogP contribution in [0.3, 0.4) is 0 Å². The fraction of sp³-hybridized carbons (Fsp3) is 1.00. The predicted octanol–water partition coefficient (Wildman–Crippen LogP) is 6.36. The van der Waals surface area contributed by atoms with Gasteiger partial charge in [-0.3, -0.25) is 0 Å². The summed E-state index contributed by atoms with van der Waals surface area (Å²) in [7, 11) is -5.89. The first-order valence-electron chi connectivity index (χ1n) is 10.5. The number of rotatable bonds is 6. The summed E-state index contributed by atoms with van der Waals surface area (Å²) in [5.74, 6) is 0. The van der Waals surface area contributed by atoms with Gasteiger partial charge in [0.05, 0.1) is 0 Å². The van der Waals surface area contributed by atoms with Crippen molar-refractivity contribution in [2.24, 2.45) is 0 Å². The number of hydrogen-bond acceptors (Lipinski definition) is 3. The van der Waals surface area contributed by atoms with Crippen molar-refractivity contribution >= 4 is 69.2 Å². The third-order valence-corrected chi connectivity index (χ3v) is 20.2. The monoisotopic (exact) mass is 552 g/mol. The van der Waals surface area contributed by atoms with E-state index in [1.54, 1.807) is 0 Å². The van der Waals surface area contributed by atoms with Gasteiger partial charge in [-0.15, -0.1) is 0 Å². The van der Waals surface area contributed by atoms with E-state index in [9.17, 15) is 0 Å². The van der Waals surface area contributed by atoms with Crippen molar-refractivity contribution in [1.29, 1.82) is 0 Å². The van der Waals surface area contributed by atoms with Crippen LogP contribution < -0.4 is 13.9 Å². The van der Waals surface area contributed by atoms with E-state index in [0.29, 0.717) is 0 Å². The summed E-state index contributed by atoms with van der Waals surface area (Å²) < 4.78 is 11.2.